The number of benzene rings is 6. The Balaban J connectivity index is 1.12. The first kappa shape index (κ1) is 33.5. The first-order valence-corrected chi connectivity index (χ1v) is 19.4. The summed E-state index contributed by atoms with van der Waals surface area (Å²) in [6.07, 6.45) is 11.7. The van der Waals surface area contributed by atoms with Gasteiger partial charge in [-0.3, -0.25) is 4.99 Å². The van der Waals surface area contributed by atoms with Crippen LogP contribution in [0.25, 0.3) is 78.3 Å². The Morgan fingerprint density at radius 2 is 0.982 bits per heavy atom. The highest BCUT2D eigenvalue weighted by atomic mass is 14.9. The van der Waals surface area contributed by atoms with Gasteiger partial charge in [0.2, 0.25) is 0 Å². The van der Waals surface area contributed by atoms with Gasteiger partial charge in [-0.05, 0) is 48.1 Å². The van der Waals surface area contributed by atoms with Crippen LogP contribution in [0.2, 0.25) is 0 Å². The minimum atomic E-state index is 0.358. The highest BCUT2D eigenvalue weighted by Gasteiger charge is 2.27. The summed E-state index contributed by atoms with van der Waals surface area (Å²) in [6, 6.07) is 57.2. The number of aliphatic imine (C=N–C) groups is 1. The molecule has 0 saturated heterocycles. The molecule has 4 heteroatoms. The minimum absolute atomic E-state index is 0.358. The van der Waals surface area contributed by atoms with Crippen LogP contribution in [0.5, 0.6) is 0 Å². The Morgan fingerprint density at radius 3 is 1.66 bits per heavy atom. The molecule has 0 spiro atoms. The lowest BCUT2D eigenvalue weighted by Gasteiger charge is -2.26. The largest absolute Gasteiger partial charge is 0.252 e. The van der Waals surface area contributed by atoms with Crippen molar-refractivity contribution in [3.8, 4) is 67.4 Å². The monoisotopic (exact) mass is 718 g/mol. The van der Waals surface area contributed by atoms with Crippen LogP contribution in [0.15, 0.2) is 193 Å². The summed E-state index contributed by atoms with van der Waals surface area (Å²) in [5.74, 6) is 1.05. The number of pyridine rings is 1. The SMILES string of the molecule is C1=CCCC2Cc3c(-c4ccc(-c5c(-c6ccccc6)nc(-c6ccc(-c7ccccc7)cc6)nc5-c5ccccc5)cc4)nc4ccccc4c3N=C2C=C1. The number of hydrogen-bond donors (Lipinski definition) is 0. The summed E-state index contributed by atoms with van der Waals surface area (Å²) in [7, 11) is 0. The Bertz CT molecular complexity index is 2720. The minimum Gasteiger partial charge on any atom is -0.252 e. The molecule has 6 aromatic carbocycles. The van der Waals surface area contributed by atoms with Gasteiger partial charge in [0, 0.05) is 50.4 Å². The zero-order chi connectivity index (χ0) is 37.3. The van der Waals surface area contributed by atoms with Crippen molar-refractivity contribution in [1.82, 2.24) is 15.0 Å². The molecule has 266 valence electrons. The summed E-state index contributed by atoms with van der Waals surface area (Å²) in [5.41, 5.74) is 15.7. The molecule has 3 heterocycles. The van der Waals surface area contributed by atoms with Crippen molar-refractivity contribution in [1.29, 1.82) is 0 Å². The summed E-state index contributed by atoms with van der Waals surface area (Å²) in [5, 5.41) is 1.10. The molecule has 1 aliphatic carbocycles. The van der Waals surface area contributed by atoms with Crippen LogP contribution in [-0.2, 0) is 6.42 Å². The van der Waals surface area contributed by atoms with Gasteiger partial charge >= 0.3 is 0 Å². The van der Waals surface area contributed by atoms with Gasteiger partial charge in [-0.15, -0.1) is 0 Å². The number of allylic oxidation sites excluding steroid dienone is 4. The van der Waals surface area contributed by atoms with Crippen molar-refractivity contribution < 1.29 is 0 Å². The molecule has 8 aromatic rings. The molecular weight excluding hydrogens is 681 g/mol. The van der Waals surface area contributed by atoms with Gasteiger partial charge in [0.25, 0.3) is 0 Å². The van der Waals surface area contributed by atoms with E-state index in [0.29, 0.717) is 11.7 Å². The lowest BCUT2D eigenvalue weighted by molar-refractivity contribution is 0.624. The molecule has 4 nitrogen and oxygen atoms in total. The molecule has 2 aromatic heterocycles. The van der Waals surface area contributed by atoms with Crippen LogP contribution in [0.1, 0.15) is 18.4 Å². The fourth-order valence-electron chi connectivity index (χ4n) is 8.13. The lowest BCUT2D eigenvalue weighted by atomic mass is 9.83. The number of aromatic nitrogens is 3. The topological polar surface area (TPSA) is 51.0 Å². The normalized spacial score (nSPS) is 14.7. The summed E-state index contributed by atoms with van der Waals surface area (Å²) < 4.78 is 0. The molecule has 0 saturated carbocycles. The smallest absolute Gasteiger partial charge is 0.160 e. The maximum Gasteiger partial charge on any atom is 0.160 e. The van der Waals surface area contributed by atoms with E-state index in [9.17, 15) is 0 Å². The molecule has 2 aliphatic rings. The van der Waals surface area contributed by atoms with Crippen molar-refractivity contribution in [3.63, 3.8) is 0 Å². The van der Waals surface area contributed by atoms with Crippen molar-refractivity contribution >= 4 is 22.3 Å². The number of hydrogen-bond acceptors (Lipinski definition) is 4. The molecule has 1 atom stereocenters. The summed E-state index contributed by atoms with van der Waals surface area (Å²) in [4.78, 5) is 21.4. The maximum absolute atomic E-state index is 5.35. The van der Waals surface area contributed by atoms with E-state index in [1.54, 1.807) is 0 Å². The average Bonchev–Trinajstić information content (AvgIpc) is 3.27. The third-order valence-electron chi connectivity index (χ3n) is 11.0. The van der Waals surface area contributed by atoms with Gasteiger partial charge in [-0.2, -0.15) is 0 Å². The highest BCUT2D eigenvalue weighted by molar-refractivity contribution is 6.06. The zero-order valence-electron chi connectivity index (χ0n) is 30.9. The van der Waals surface area contributed by atoms with E-state index >= 15 is 0 Å². The number of para-hydroxylation sites is 1. The lowest BCUT2D eigenvalue weighted by Crippen LogP contribution is -2.20. The van der Waals surface area contributed by atoms with Gasteiger partial charge in [0.1, 0.15) is 0 Å². The Hall–Kier alpha value is -7.04. The molecule has 0 fully saturated rings. The average molecular weight is 719 g/mol. The Labute approximate surface area is 327 Å². The van der Waals surface area contributed by atoms with Crippen LogP contribution in [0.4, 0.5) is 5.69 Å². The van der Waals surface area contributed by atoms with Gasteiger partial charge in [0.15, 0.2) is 5.82 Å². The maximum atomic E-state index is 5.35. The standard InChI is InChI=1S/C52H38N4/c1-2-13-24-45-42(22-6-1)34-44-48(54-46-25-15-14-23-43(46)51(44)53-45)40-30-28-37(29-31-40)47-49(38-18-9-4-10-19-38)55-52(56-50(47)39-20-11-5-12-21-39)41-32-26-36(27-33-41)35-16-7-3-8-17-35/h1-5,7-21,23-33,42H,6,22,34H2. The zero-order valence-corrected chi connectivity index (χ0v) is 30.9. The number of nitrogens with zero attached hydrogens (tertiary/aromatic N) is 4. The van der Waals surface area contributed by atoms with Crippen LogP contribution < -0.4 is 0 Å². The van der Waals surface area contributed by atoms with Crippen molar-refractivity contribution in [2.75, 3.05) is 0 Å². The van der Waals surface area contributed by atoms with Crippen molar-refractivity contribution in [2.45, 2.75) is 19.3 Å². The van der Waals surface area contributed by atoms with E-state index < -0.39 is 0 Å². The third kappa shape index (κ3) is 6.35. The van der Waals surface area contributed by atoms with E-state index in [0.717, 1.165) is 97.6 Å². The predicted octanol–water partition coefficient (Wildman–Crippen LogP) is 13.2. The number of rotatable bonds is 6. The van der Waals surface area contributed by atoms with Crippen LogP contribution >= 0.6 is 0 Å². The molecule has 1 unspecified atom stereocenters. The second-order valence-electron chi connectivity index (χ2n) is 14.5. The summed E-state index contributed by atoms with van der Waals surface area (Å²) >= 11 is 0. The second kappa shape index (κ2) is 14.7. The van der Waals surface area contributed by atoms with Crippen LogP contribution in [-0.4, -0.2) is 20.7 Å². The summed E-state index contributed by atoms with van der Waals surface area (Å²) in [6.45, 7) is 0. The third-order valence-corrected chi connectivity index (χ3v) is 11.0. The molecule has 0 N–H and O–H groups in total. The quantitative estimate of drug-likeness (QED) is 0.172. The fraction of sp³-hybridized carbons (Fsp3) is 0.0769. The van der Waals surface area contributed by atoms with E-state index in [1.165, 1.54) is 11.1 Å². The van der Waals surface area contributed by atoms with Crippen LogP contribution in [0, 0.1) is 5.92 Å². The molecule has 10 rings (SSSR count). The second-order valence-corrected chi connectivity index (χ2v) is 14.5. The molecule has 0 amide bonds. The Morgan fingerprint density at radius 1 is 0.446 bits per heavy atom. The molecule has 0 bridgehead atoms. The molecule has 56 heavy (non-hydrogen) atoms. The van der Waals surface area contributed by atoms with E-state index in [-0.39, 0.29) is 0 Å². The van der Waals surface area contributed by atoms with E-state index in [2.05, 4.69) is 170 Å². The predicted molar refractivity (Wildman–Crippen MR) is 232 cm³/mol. The van der Waals surface area contributed by atoms with Gasteiger partial charge < -0.3 is 0 Å². The first-order valence-electron chi connectivity index (χ1n) is 19.4. The van der Waals surface area contributed by atoms with Crippen LogP contribution in [0.3, 0.4) is 0 Å². The Kier molecular flexibility index (Phi) is 8.77. The molecular formula is C52H38N4. The van der Waals surface area contributed by atoms with Crippen molar-refractivity contribution in [3.05, 3.63) is 194 Å². The van der Waals surface area contributed by atoms with E-state index in [4.69, 9.17) is 19.9 Å². The number of fused-ring (bicyclic) bond motifs is 4. The highest BCUT2D eigenvalue weighted by Crippen LogP contribution is 2.44. The fourth-order valence-corrected chi connectivity index (χ4v) is 8.13. The molecule has 1 aliphatic heterocycles. The van der Waals surface area contributed by atoms with Crippen molar-refractivity contribution in [2.24, 2.45) is 10.9 Å². The van der Waals surface area contributed by atoms with Gasteiger partial charge in [0.05, 0.1) is 28.3 Å². The van der Waals surface area contributed by atoms with E-state index in [1.807, 2.05) is 18.2 Å². The first-order chi connectivity index (χ1) is 27.8. The van der Waals surface area contributed by atoms with Gasteiger partial charge in [-0.25, -0.2) is 15.0 Å². The van der Waals surface area contributed by atoms with Gasteiger partial charge in [-0.1, -0.05) is 176 Å². The molecule has 0 radical (unpaired) electrons.